The Kier molecular flexibility index (Phi) is 8.68. The van der Waals surface area contributed by atoms with Gasteiger partial charge in [0.05, 0.1) is 41.3 Å². The Morgan fingerprint density at radius 3 is 2.17 bits per heavy atom. The van der Waals surface area contributed by atoms with Gasteiger partial charge in [-0.1, -0.05) is 47.5 Å². The number of nitrogens with zero attached hydrogens (tertiary/aromatic N) is 3. The highest BCUT2D eigenvalue weighted by Crippen LogP contribution is 2.37. The van der Waals surface area contributed by atoms with Crippen molar-refractivity contribution < 1.29 is 17.6 Å². The molecular formula is C29H27Cl2FN4O3S2. The summed E-state index contributed by atoms with van der Waals surface area (Å²) in [4.78, 5) is 19.3. The molecule has 3 aromatic carbocycles. The lowest BCUT2D eigenvalue weighted by atomic mass is 9.93. The molecule has 0 spiro atoms. The van der Waals surface area contributed by atoms with E-state index in [1.165, 1.54) is 21.7 Å². The molecule has 0 atom stereocenters. The Labute approximate surface area is 252 Å². The van der Waals surface area contributed by atoms with Crippen LogP contribution in [0.15, 0.2) is 72.1 Å². The average Bonchev–Trinajstić information content (AvgIpc) is 3.31. The Morgan fingerprint density at radius 1 is 1.07 bits per heavy atom. The number of anilines is 1. The van der Waals surface area contributed by atoms with E-state index in [0.717, 1.165) is 34.5 Å². The van der Waals surface area contributed by atoms with E-state index in [1.54, 1.807) is 0 Å². The third kappa shape index (κ3) is 6.90. The first kappa shape index (κ1) is 29.5. The molecule has 7 nitrogen and oxygen atoms in total. The van der Waals surface area contributed by atoms with Gasteiger partial charge < -0.3 is 5.32 Å². The molecule has 1 fully saturated rings. The first-order valence-electron chi connectivity index (χ1n) is 12.7. The van der Waals surface area contributed by atoms with Gasteiger partial charge in [0.25, 0.3) is 5.91 Å². The number of carbonyl (C=O) groups excluding carboxylic acids is 1. The van der Waals surface area contributed by atoms with Crippen molar-refractivity contribution in [1.29, 1.82) is 0 Å². The number of halogens is 3. The van der Waals surface area contributed by atoms with E-state index in [0.29, 0.717) is 28.8 Å². The van der Waals surface area contributed by atoms with Gasteiger partial charge in [0, 0.05) is 34.1 Å². The molecule has 1 aliphatic rings. The van der Waals surface area contributed by atoms with Crippen molar-refractivity contribution in [2.45, 2.75) is 25.6 Å². The van der Waals surface area contributed by atoms with Gasteiger partial charge >= 0.3 is 0 Å². The molecule has 12 heteroatoms. The molecule has 1 N–H and O–H groups in total. The van der Waals surface area contributed by atoms with Crippen LogP contribution < -0.4 is 9.62 Å². The van der Waals surface area contributed by atoms with Crippen LogP contribution in [0.5, 0.6) is 0 Å². The Morgan fingerprint density at radius 2 is 1.66 bits per heavy atom. The van der Waals surface area contributed by atoms with Crippen LogP contribution in [0, 0.1) is 12.7 Å². The highest BCUT2D eigenvalue weighted by Gasteiger charge is 2.41. The molecule has 2 heterocycles. The molecule has 5 rings (SSSR count). The number of nitrogens with one attached hydrogen (secondary N) is 1. The molecule has 1 saturated heterocycles. The van der Waals surface area contributed by atoms with Gasteiger partial charge in [-0.2, -0.15) is 0 Å². The van der Waals surface area contributed by atoms with Crippen LogP contribution in [0.3, 0.4) is 0 Å². The third-order valence-electron chi connectivity index (χ3n) is 6.81. The minimum Gasteiger partial charge on any atom is -0.346 e. The number of likely N-dealkylation sites (tertiary alicyclic amines) is 1. The summed E-state index contributed by atoms with van der Waals surface area (Å²) >= 11 is 13.7. The normalized spacial score (nSPS) is 14.2. The monoisotopic (exact) mass is 632 g/mol. The second-order valence-electron chi connectivity index (χ2n) is 9.91. The van der Waals surface area contributed by atoms with E-state index in [1.807, 2.05) is 60.8 Å². The molecule has 0 bridgehead atoms. The summed E-state index contributed by atoms with van der Waals surface area (Å²) in [7, 11) is -3.81. The van der Waals surface area contributed by atoms with Crippen LogP contribution >= 0.6 is 34.5 Å². The summed E-state index contributed by atoms with van der Waals surface area (Å²) in [6.45, 7) is 2.80. The number of sulfonamides is 1. The summed E-state index contributed by atoms with van der Waals surface area (Å²) in [6.07, 6.45) is 1.08. The third-order valence-corrected chi connectivity index (χ3v) is 9.36. The molecule has 0 aliphatic carbocycles. The van der Waals surface area contributed by atoms with Crippen molar-refractivity contribution in [2.24, 2.45) is 0 Å². The van der Waals surface area contributed by atoms with Crippen LogP contribution in [0.4, 0.5) is 10.1 Å². The zero-order valence-corrected chi connectivity index (χ0v) is 25.4. The van der Waals surface area contributed by atoms with Gasteiger partial charge in [-0.25, -0.2) is 17.8 Å². The Hall–Kier alpha value is -3.02. The van der Waals surface area contributed by atoms with Crippen LogP contribution in [0.1, 0.15) is 38.2 Å². The number of benzene rings is 3. The maximum Gasteiger partial charge on any atom is 0.251 e. The topological polar surface area (TPSA) is 82.6 Å². The number of hydrogen-bond donors (Lipinski definition) is 1. The molecule has 0 unspecified atom stereocenters. The number of aromatic nitrogens is 1. The van der Waals surface area contributed by atoms with Gasteiger partial charge in [0.15, 0.2) is 0 Å². The summed E-state index contributed by atoms with van der Waals surface area (Å²) in [5, 5.41) is 6.66. The van der Waals surface area contributed by atoms with Crippen molar-refractivity contribution in [2.75, 3.05) is 23.7 Å². The van der Waals surface area contributed by atoms with Crippen LogP contribution in [0.2, 0.25) is 10.0 Å². The Bertz CT molecular complexity index is 1610. The van der Waals surface area contributed by atoms with Gasteiger partial charge in [-0.15, -0.1) is 11.3 Å². The van der Waals surface area contributed by atoms with Gasteiger partial charge in [0.2, 0.25) is 10.0 Å². The van der Waals surface area contributed by atoms with Crippen molar-refractivity contribution in [1.82, 2.24) is 15.2 Å². The summed E-state index contributed by atoms with van der Waals surface area (Å²) < 4.78 is 42.0. The first-order chi connectivity index (χ1) is 19.5. The van der Waals surface area contributed by atoms with Crippen molar-refractivity contribution >= 4 is 56.2 Å². The lowest BCUT2D eigenvalue weighted by molar-refractivity contribution is 0.0949. The van der Waals surface area contributed by atoms with Crippen LogP contribution in [0.25, 0.3) is 0 Å². The highest BCUT2D eigenvalue weighted by molar-refractivity contribution is 7.92. The number of carbonyl (C=O) groups is 1. The van der Waals surface area contributed by atoms with Crippen LogP contribution in [-0.2, 0) is 16.6 Å². The van der Waals surface area contributed by atoms with E-state index in [2.05, 4.69) is 15.2 Å². The fraction of sp³-hybridized carbons (Fsp3) is 0.241. The van der Waals surface area contributed by atoms with Gasteiger partial charge in [0.1, 0.15) is 5.82 Å². The second kappa shape index (κ2) is 12.1. The molecule has 214 valence electrons. The molecule has 41 heavy (non-hydrogen) atoms. The molecule has 1 amide bonds. The SMILES string of the molecule is Cc1nc(CNC(=O)c2cc(F)cc(N(C3CN(C(c4ccc(Cl)cc4)c4ccc(Cl)cc4)C3)S(C)(=O)=O)c2)cs1. The lowest BCUT2D eigenvalue weighted by Gasteiger charge is -2.48. The Balaban J connectivity index is 1.39. The van der Waals surface area contributed by atoms with Crippen molar-refractivity contribution in [3.63, 3.8) is 0 Å². The minimum atomic E-state index is -3.81. The predicted molar refractivity (Wildman–Crippen MR) is 162 cm³/mol. The molecule has 1 aliphatic heterocycles. The van der Waals surface area contributed by atoms with E-state index in [4.69, 9.17) is 23.2 Å². The van der Waals surface area contributed by atoms with E-state index in [-0.39, 0.29) is 23.8 Å². The van der Waals surface area contributed by atoms with Crippen molar-refractivity contribution in [3.8, 4) is 0 Å². The molecule has 0 radical (unpaired) electrons. The van der Waals surface area contributed by atoms with E-state index in [9.17, 15) is 17.6 Å². The predicted octanol–water partition coefficient (Wildman–Crippen LogP) is 6.07. The van der Waals surface area contributed by atoms with E-state index >= 15 is 0 Å². The second-order valence-corrected chi connectivity index (χ2v) is 13.7. The fourth-order valence-electron chi connectivity index (χ4n) is 5.02. The lowest BCUT2D eigenvalue weighted by Crippen LogP contribution is -2.61. The number of aryl methyl sites for hydroxylation is 1. The quantitative estimate of drug-likeness (QED) is 0.242. The smallest absolute Gasteiger partial charge is 0.251 e. The fourth-order valence-corrected chi connectivity index (χ4v) is 7.05. The summed E-state index contributed by atoms with van der Waals surface area (Å²) in [5.41, 5.74) is 2.79. The number of hydrogen-bond acceptors (Lipinski definition) is 6. The number of thiazole rings is 1. The van der Waals surface area contributed by atoms with E-state index < -0.39 is 27.8 Å². The minimum absolute atomic E-state index is 0.0250. The zero-order valence-electron chi connectivity index (χ0n) is 22.2. The summed E-state index contributed by atoms with van der Waals surface area (Å²) in [6, 6.07) is 18.0. The number of rotatable bonds is 9. The average molecular weight is 634 g/mol. The highest BCUT2D eigenvalue weighted by atomic mass is 35.5. The maximum absolute atomic E-state index is 14.8. The molecule has 4 aromatic rings. The molecular weight excluding hydrogens is 606 g/mol. The number of amides is 1. The van der Waals surface area contributed by atoms with Crippen LogP contribution in [-0.4, -0.2) is 49.6 Å². The first-order valence-corrected chi connectivity index (χ1v) is 16.2. The zero-order chi connectivity index (χ0) is 29.3. The summed E-state index contributed by atoms with van der Waals surface area (Å²) in [5.74, 6) is -1.23. The molecule has 0 saturated carbocycles. The maximum atomic E-state index is 14.8. The standard InChI is InChI=1S/C29H27Cl2FN4O3S2/c1-18-34-25(17-40-18)14-33-29(37)21-11-24(32)13-26(12-21)36(41(2,38)39)27-15-35(16-27)28(19-3-7-22(30)8-4-19)20-5-9-23(31)10-6-20/h3-13,17,27-28H,14-16H2,1-2H3,(H,33,37). The largest absolute Gasteiger partial charge is 0.346 e. The van der Waals surface area contributed by atoms with Gasteiger partial charge in [-0.05, 0) is 60.5 Å². The molecule has 1 aromatic heterocycles. The van der Waals surface area contributed by atoms with Gasteiger partial charge in [-0.3, -0.25) is 14.0 Å². The van der Waals surface area contributed by atoms with Crippen molar-refractivity contribution in [3.05, 3.63) is 115 Å².